The van der Waals surface area contributed by atoms with Crippen LogP contribution >= 0.6 is 35.0 Å². The van der Waals surface area contributed by atoms with E-state index in [0.717, 1.165) is 5.56 Å². The number of thioether (sulfide) groups is 1. The molecule has 3 rings (SSSR count). The van der Waals surface area contributed by atoms with Crippen molar-refractivity contribution in [2.24, 2.45) is 0 Å². The van der Waals surface area contributed by atoms with Crippen LogP contribution in [0.25, 0.3) is 11.4 Å². The molecule has 0 atom stereocenters. The minimum absolute atomic E-state index is 0.158. The molecule has 5 nitrogen and oxygen atoms in total. The lowest BCUT2D eigenvalue weighted by molar-refractivity contribution is -0.118. The summed E-state index contributed by atoms with van der Waals surface area (Å²) in [6.07, 6.45) is 1.72. The molecule has 0 fully saturated rings. The Balaban J connectivity index is 1.67. The molecule has 0 saturated carbocycles. The van der Waals surface area contributed by atoms with E-state index in [1.165, 1.54) is 23.9 Å². The molecule has 0 spiro atoms. The van der Waals surface area contributed by atoms with Gasteiger partial charge in [0.25, 0.3) is 0 Å². The molecule has 1 amide bonds. The third-order valence-corrected chi connectivity index (χ3v) is 5.45. The second kappa shape index (κ2) is 9.91. The smallest absolute Gasteiger partial charge is 0.230 e. The van der Waals surface area contributed by atoms with Gasteiger partial charge in [-0.15, -0.1) is 16.8 Å². The van der Waals surface area contributed by atoms with Crippen LogP contribution in [0.4, 0.5) is 4.39 Å². The van der Waals surface area contributed by atoms with E-state index < -0.39 is 0 Å². The van der Waals surface area contributed by atoms with Crippen molar-refractivity contribution in [1.82, 2.24) is 20.1 Å². The van der Waals surface area contributed by atoms with E-state index >= 15 is 0 Å². The number of nitrogens with zero attached hydrogens (tertiary/aromatic N) is 3. The number of halogens is 3. The molecule has 0 radical (unpaired) electrons. The fraction of sp³-hybridized carbons (Fsp3) is 0.150. The van der Waals surface area contributed by atoms with Crippen LogP contribution in [0.3, 0.4) is 0 Å². The van der Waals surface area contributed by atoms with Gasteiger partial charge in [-0.3, -0.25) is 9.36 Å². The summed E-state index contributed by atoms with van der Waals surface area (Å²) >= 11 is 13.5. The van der Waals surface area contributed by atoms with Gasteiger partial charge in [0.2, 0.25) is 5.91 Å². The third-order valence-electron chi connectivity index (χ3n) is 3.94. The Hall–Kier alpha value is -2.35. The fourth-order valence-corrected chi connectivity index (χ4v) is 3.81. The summed E-state index contributed by atoms with van der Waals surface area (Å²) in [6, 6.07) is 11.1. The molecule has 1 heterocycles. The lowest BCUT2D eigenvalue weighted by Crippen LogP contribution is -2.24. The molecular weight excluding hydrogens is 434 g/mol. The lowest BCUT2D eigenvalue weighted by Gasteiger charge is -2.09. The normalized spacial score (nSPS) is 10.7. The van der Waals surface area contributed by atoms with Crippen LogP contribution in [0.2, 0.25) is 10.0 Å². The number of carbonyl (C=O) groups is 1. The highest BCUT2D eigenvalue weighted by molar-refractivity contribution is 7.99. The Bertz CT molecular complexity index is 1020. The summed E-state index contributed by atoms with van der Waals surface area (Å²) < 4.78 is 14.8. The van der Waals surface area contributed by atoms with Crippen LogP contribution in [0, 0.1) is 5.82 Å². The Labute approximate surface area is 181 Å². The average molecular weight is 451 g/mol. The van der Waals surface area contributed by atoms with E-state index in [1.54, 1.807) is 36.4 Å². The van der Waals surface area contributed by atoms with Crippen LogP contribution in [0.15, 0.2) is 60.3 Å². The van der Waals surface area contributed by atoms with Gasteiger partial charge in [0.1, 0.15) is 5.82 Å². The summed E-state index contributed by atoms with van der Waals surface area (Å²) in [7, 11) is 0. The Morgan fingerprint density at radius 3 is 2.66 bits per heavy atom. The first-order valence-electron chi connectivity index (χ1n) is 8.61. The quantitative estimate of drug-likeness (QED) is 0.388. The van der Waals surface area contributed by atoms with Crippen molar-refractivity contribution < 1.29 is 9.18 Å². The minimum Gasteiger partial charge on any atom is -0.351 e. The Morgan fingerprint density at radius 2 is 1.97 bits per heavy atom. The zero-order valence-corrected chi connectivity index (χ0v) is 17.6. The summed E-state index contributed by atoms with van der Waals surface area (Å²) in [5.74, 6) is 0.248. The van der Waals surface area contributed by atoms with E-state index in [9.17, 15) is 9.18 Å². The van der Waals surface area contributed by atoms with Crippen molar-refractivity contribution in [3.05, 3.63) is 76.5 Å². The zero-order valence-electron chi connectivity index (χ0n) is 15.2. The lowest BCUT2D eigenvalue weighted by atomic mass is 10.2. The fourth-order valence-electron chi connectivity index (χ4n) is 2.54. The van der Waals surface area contributed by atoms with E-state index in [4.69, 9.17) is 23.2 Å². The Morgan fingerprint density at radius 1 is 1.21 bits per heavy atom. The van der Waals surface area contributed by atoms with Gasteiger partial charge in [0.15, 0.2) is 11.0 Å². The molecule has 29 heavy (non-hydrogen) atoms. The first-order chi connectivity index (χ1) is 14.0. The standard InChI is InChI=1S/C20H17Cl2FN4OS/c1-2-9-27-19(16-8-5-14(21)10-17(16)22)25-26-20(27)29-12-18(28)24-11-13-3-6-15(23)7-4-13/h2-8,10H,1,9,11-12H2,(H,24,28). The summed E-state index contributed by atoms with van der Waals surface area (Å²) in [5, 5.41) is 12.8. The van der Waals surface area contributed by atoms with Gasteiger partial charge >= 0.3 is 0 Å². The van der Waals surface area contributed by atoms with Crippen LogP contribution < -0.4 is 5.32 Å². The van der Waals surface area contributed by atoms with Gasteiger partial charge in [-0.25, -0.2) is 4.39 Å². The highest BCUT2D eigenvalue weighted by Crippen LogP contribution is 2.31. The van der Waals surface area contributed by atoms with Crippen LogP contribution in [-0.4, -0.2) is 26.4 Å². The van der Waals surface area contributed by atoms with Gasteiger partial charge in [-0.1, -0.05) is 53.2 Å². The summed E-state index contributed by atoms with van der Waals surface area (Å²) in [6.45, 7) is 4.55. The molecule has 9 heteroatoms. The van der Waals surface area contributed by atoms with Gasteiger partial charge in [0, 0.05) is 23.7 Å². The van der Waals surface area contributed by atoms with Crippen molar-refractivity contribution in [2.45, 2.75) is 18.2 Å². The van der Waals surface area contributed by atoms with Crippen molar-refractivity contribution >= 4 is 40.9 Å². The summed E-state index contributed by atoms with van der Waals surface area (Å²) in [5.41, 5.74) is 1.51. The maximum Gasteiger partial charge on any atom is 0.230 e. The predicted octanol–water partition coefficient (Wildman–Crippen LogP) is 4.99. The van der Waals surface area contributed by atoms with Crippen molar-refractivity contribution in [1.29, 1.82) is 0 Å². The molecule has 2 aromatic carbocycles. The maximum atomic E-state index is 12.9. The van der Waals surface area contributed by atoms with Crippen LogP contribution in [0.1, 0.15) is 5.56 Å². The van der Waals surface area contributed by atoms with E-state index in [2.05, 4.69) is 22.1 Å². The van der Waals surface area contributed by atoms with Crippen molar-refractivity contribution in [2.75, 3.05) is 5.75 Å². The zero-order chi connectivity index (χ0) is 20.8. The second-order valence-corrected chi connectivity index (χ2v) is 7.81. The number of nitrogens with one attached hydrogen (secondary N) is 1. The highest BCUT2D eigenvalue weighted by Gasteiger charge is 2.17. The van der Waals surface area contributed by atoms with E-state index in [1.807, 2.05) is 4.57 Å². The predicted molar refractivity (Wildman–Crippen MR) is 115 cm³/mol. The minimum atomic E-state index is -0.311. The molecular formula is C20H17Cl2FN4OS. The van der Waals surface area contributed by atoms with Crippen LogP contribution in [0.5, 0.6) is 0 Å². The number of amides is 1. The number of hydrogen-bond acceptors (Lipinski definition) is 4. The number of benzene rings is 2. The maximum absolute atomic E-state index is 12.9. The molecule has 0 unspecified atom stereocenters. The van der Waals surface area contributed by atoms with Gasteiger partial charge in [-0.05, 0) is 35.9 Å². The third kappa shape index (κ3) is 5.59. The Kier molecular flexibility index (Phi) is 7.30. The summed E-state index contributed by atoms with van der Waals surface area (Å²) in [4.78, 5) is 12.2. The van der Waals surface area contributed by atoms with E-state index in [-0.39, 0.29) is 17.5 Å². The van der Waals surface area contributed by atoms with Crippen molar-refractivity contribution in [3.63, 3.8) is 0 Å². The number of hydrogen-bond donors (Lipinski definition) is 1. The first-order valence-corrected chi connectivity index (χ1v) is 10.4. The molecule has 0 bridgehead atoms. The first kappa shape index (κ1) is 21.4. The number of rotatable bonds is 8. The molecule has 3 aromatic rings. The molecule has 0 aliphatic rings. The second-order valence-electron chi connectivity index (χ2n) is 6.02. The number of aromatic nitrogens is 3. The molecule has 1 aromatic heterocycles. The largest absolute Gasteiger partial charge is 0.351 e. The molecule has 0 aliphatic heterocycles. The molecule has 1 N–H and O–H groups in total. The van der Waals surface area contributed by atoms with Crippen LogP contribution in [-0.2, 0) is 17.9 Å². The number of carbonyl (C=O) groups excluding carboxylic acids is 1. The molecule has 150 valence electrons. The van der Waals surface area contributed by atoms with Crippen molar-refractivity contribution in [3.8, 4) is 11.4 Å². The molecule has 0 aliphatic carbocycles. The highest BCUT2D eigenvalue weighted by atomic mass is 35.5. The van der Waals surface area contributed by atoms with Gasteiger partial charge in [0.05, 0.1) is 10.8 Å². The SMILES string of the molecule is C=CCn1c(SCC(=O)NCc2ccc(F)cc2)nnc1-c1ccc(Cl)cc1Cl. The topological polar surface area (TPSA) is 59.8 Å². The van der Waals surface area contributed by atoms with Gasteiger partial charge in [-0.2, -0.15) is 0 Å². The van der Waals surface area contributed by atoms with Gasteiger partial charge < -0.3 is 5.32 Å². The molecule has 0 saturated heterocycles. The number of allylic oxidation sites excluding steroid dienone is 1. The monoisotopic (exact) mass is 450 g/mol. The van der Waals surface area contributed by atoms with E-state index in [0.29, 0.717) is 39.7 Å². The average Bonchev–Trinajstić information content (AvgIpc) is 3.09.